The summed E-state index contributed by atoms with van der Waals surface area (Å²) in [5, 5.41) is 0. The van der Waals surface area contributed by atoms with Gasteiger partial charge >= 0.3 is 0 Å². The van der Waals surface area contributed by atoms with Crippen LogP contribution in [-0.4, -0.2) is 18.5 Å². The molecule has 2 aromatic rings. The van der Waals surface area contributed by atoms with Gasteiger partial charge in [0.1, 0.15) is 0 Å². The maximum atomic E-state index is 4.81. The van der Waals surface area contributed by atoms with Crippen molar-refractivity contribution in [3.63, 3.8) is 0 Å². The zero-order chi connectivity index (χ0) is 13.5. The lowest BCUT2D eigenvalue weighted by Gasteiger charge is -2.19. The average molecular weight is 344 g/mol. The van der Waals surface area contributed by atoms with Crippen molar-refractivity contribution in [2.45, 2.75) is 19.5 Å². The van der Waals surface area contributed by atoms with Crippen LogP contribution in [0.5, 0.6) is 0 Å². The van der Waals surface area contributed by atoms with Gasteiger partial charge in [0, 0.05) is 6.54 Å². The number of anilines is 2. The van der Waals surface area contributed by atoms with Gasteiger partial charge in [-0.15, -0.1) is 17.0 Å². The summed E-state index contributed by atoms with van der Waals surface area (Å²) < 4.78 is 0. The Labute approximate surface area is 135 Å². The molecule has 3 nitrogen and oxygen atoms in total. The minimum absolute atomic E-state index is 0. The van der Waals surface area contributed by atoms with E-state index in [1.165, 1.54) is 16.9 Å². The highest BCUT2D eigenvalue weighted by Gasteiger charge is 2.37. The Morgan fingerprint density at radius 1 is 1.00 bits per heavy atom. The molecule has 0 bridgehead atoms. The molecule has 2 aliphatic heterocycles. The SMILES string of the molecule is Br.CC1CN2C(=N1)N(Cc1ccccc1)c1ccccc12. The highest BCUT2D eigenvalue weighted by atomic mass is 79.9. The number of nitrogens with zero attached hydrogens (tertiary/aromatic N) is 3. The molecule has 0 N–H and O–H groups in total. The second-order valence-electron chi connectivity index (χ2n) is 5.45. The molecule has 1 unspecified atom stereocenters. The van der Waals surface area contributed by atoms with Crippen LogP contribution in [0.4, 0.5) is 11.4 Å². The monoisotopic (exact) mass is 343 g/mol. The van der Waals surface area contributed by atoms with Gasteiger partial charge in [0.15, 0.2) is 0 Å². The van der Waals surface area contributed by atoms with Crippen LogP contribution in [0.3, 0.4) is 0 Å². The molecule has 0 radical (unpaired) electrons. The number of hydrogen-bond acceptors (Lipinski definition) is 3. The first-order valence-corrected chi connectivity index (χ1v) is 7.09. The molecule has 0 aromatic heterocycles. The number of para-hydroxylation sites is 2. The van der Waals surface area contributed by atoms with Crippen LogP contribution in [0.2, 0.25) is 0 Å². The lowest BCUT2D eigenvalue weighted by Crippen LogP contribution is -2.35. The van der Waals surface area contributed by atoms with Crippen molar-refractivity contribution in [2.24, 2.45) is 4.99 Å². The topological polar surface area (TPSA) is 18.8 Å². The Morgan fingerprint density at radius 3 is 2.43 bits per heavy atom. The van der Waals surface area contributed by atoms with E-state index in [1.807, 2.05) is 0 Å². The van der Waals surface area contributed by atoms with Crippen LogP contribution in [0.1, 0.15) is 12.5 Å². The number of aliphatic imine (C=N–C) groups is 1. The highest BCUT2D eigenvalue weighted by Crippen LogP contribution is 2.40. The smallest absolute Gasteiger partial charge is 0.206 e. The first-order chi connectivity index (χ1) is 9.83. The average Bonchev–Trinajstić information content (AvgIpc) is 2.98. The molecular weight excluding hydrogens is 326 g/mol. The van der Waals surface area contributed by atoms with Gasteiger partial charge in [-0.1, -0.05) is 42.5 Å². The molecule has 0 saturated carbocycles. The summed E-state index contributed by atoms with van der Waals surface area (Å²) in [6, 6.07) is 19.5. The van der Waals surface area contributed by atoms with Crippen LogP contribution < -0.4 is 9.80 Å². The van der Waals surface area contributed by atoms with Gasteiger partial charge in [0.25, 0.3) is 0 Å². The maximum Gasteiger partial charge on any atom is 0.206 e. The molecule has 2 heterocycles. The summed E-state index contributed by atoms with van der Waals surface area (Å²) in [5.41, 5.74) is 3.86. The zero-order valence-electron chi connectivity index (χ0n) is 11.9. The number of guanidine groups is 1. The van der Waals surface area contributed by atoms with Crippen molar-refractivity contribution in [1.29, 1.82) is 0 Å². The van der Waals surface area contributed by atoms with E-state index in [4.69, 9.17) is 4.99 Å². The summed E-state index contributed by atoms with van der Waals surface area (Å²) in [7, 11) is 0. The molecule has 0 amide bonds. The number of benzene rings is 2. The van der Waals surface area contributed by atoms with Crippen molar-refractivity contribution in [2.75, 3.05) is 16.3 Å². The van der Waals surface area contributed by atoms with E-state index in [2.05, 4.69) is 71.3 Å². The molecule has 4 heteroatoms. The number of fused-ring (bicyclic) bond motifs is 3. The Hall–Kier alpha value is -1.81. The van der Waals surface area contributed by atoms with Gasteiger partial charge in [-0.05, 0) is 24.6 Å². The fourth-order valence-corrected chi connectivity index (χ4v) is 3.03. The number of hydrogen-bond donors (Lipinski definition) is 0. The summed E-state index contributed by atoms with van der Waals surface area (Å²) in [6.45, 7) is 4.03. The third-order valence-corrected chi connectivity index (χ3v) is 3.91. The molecule has 0 spiro atoms. The second-order valence-corrected chi connectivity index (χ2v) is 5.45. The third kappa shape index (κ3) is 2.33. The lowest BCUT2D eigenvalue weighted by molar-refractivity contribution is 0.795. The summed E-state index contributed by atoms with van der Waals surface area (Å²) in [4.78, 5) is 9.48. The predicted octanol–water partition coefficient (Wildman–Crippen LogP) is 3.85. The largest absolute Gasteiger partial charge is 0.308 e. The molecule has 2 aliphatic rings. The lowest BCUT2D eigenvalue weighted by atomic mass is 10.2. The standard InChI is InChI=1S/C17H17N3.BrH/c1-13-11-19-15-9-5-6-10-16(15)20(17(19)18-13)12-14-7-3-2-4-8-14;/h2-10,13H,11-12H2,1H3;1H. The van der Waals surface area contributed by atoms with Crippen LogP contribution in [0.25, 0.3) is 0 Å². The Balaban J connectivity index is 0.00000132. The Kier molecular flexibility index (Phi) is 3.72. The summed E-state index contributed by atoms with van der Waals surface area (Å²) in [5.74, 6) is 1.10. The first-order valence-electron chi connectivity index (χ1n) is 7.09. The minimum Gasteiger partial charge on any atom is -0.308 e. The van der Waals surface area contributed by atoms with E-state index in [1.54, 1.807) is 0 Å². The van der Waals surface area contributed by atoms with Crippen molar-refractivity contribution >= 4 is 34.3 Å². The van der Waals surface area contributed by atoms with Crippen LogP contribution in [0, 0.1) is 0 Å². The van der Waals surface area contributed by atoms with E-state index in [0.29, 0.717) is 6.04 Å². The Morgan fingerprint density at radius 2 is 1.67 bits per heavy atom. The predicted molar refractivity (Wildman–Crippen MR) is 93.6 cm³/mol. The molecule has 4 rings (SSSR count). The molecule has 2 aromatic carbocycles. The summed E-state index contributed by atoms with van der Waals surface area (Å²) in [6.07, 6.45) is 0. The molecular formula is C17H18BrN3. The van der Waals surface area contributed by atoms with Gasteiger partial charge in [-0.25, -0.2) is 4.99 Å². The van der Waals surface area contributed by atoms with Gasteiger partial charge in [-0.3, -0.25) is 0 Å². The zero-order valence-corrected chi connectivity index (χ0v) is 13.7. The minimum atomic E-state index is 0. The van der Waals surface area contributed by atoms with E-state index in [-0.39, 0.29) is 17.0 Å². The van der Waals surface area contributed by atoms with Crippen molar-refractivity contribution in [1.82, 2.24) is 0 Å². The van der Waals surface area contributed by atoms with Crippen molar-refractivity contribution < 1.29 is 0 Å². The van der Waals surface area contributed by atoms with Crippen molar-refractivity contribution in [3.05, 3.63) is 60.2 Å². The normalized spacial score (nSPS) is 18.9. The van der Waals surface area contributed by atoms with E-state index < -0.39 is 0 Å². The van der Waals surface area contributed by atoms with Crippen LogP contribution in [0.15, 0.2) is 59.6 Å². The van der Waals surface area contributed by atoms with E-state index in [0.717, 1.165) is 19.0 Å². The summed E-state index contributed by atoms with van der Waals surface area (Å²) >= 11 is 0. The fraction of sp³-hybridized carbons (Fsp3) is 0.235. The molecule has 0 aliphatic carbocycles. The molecule has 1 atom stereocenters. The van der Waals surface area contributed by atoms with Crippen LogP contribution in [-0.2, 0) is 6.54 Å². The van der Waals surface area contributed by atoms with Gasteiger partial charge in [0.2, 0.25) is 5.96 Å². The van der Waals surface area contributed by atoms with Gasteiger partial charge < -0.3 is 9.80 Å². The molecule has 0 fully saturated rings. The first kappa shape index (κ1) is 14.1. The quantitative estimate of drug-likeness (QED) is 0.824. The Bertz CT molecular complexity index is 669. The number of rotatable bonds is 2. The van der Waals surface area contributed by atoms with Crippen LogP contribution >= 0.6 is 17.0 Å². The van der Waals surface area contributed by atoms with E-state index in [9.17, 15) is 0 Å². The third-order valence-electron chi connectivity index (χ3n) is 3.91. The molecule has 0 saturated heterocycles. The van der Waals surface area contributed by atoms with Crippen molar-refractivity contribution in [3.8, 4) is 0 Å². The van der Waals surface area contributed by atoms with E-state index >= 15 is 0 Å². The van der Waals surface area contributed by atoms with Gasteiger partial charge in [-0.2, -0.15) is 0 Å². The fourth-order valence-electron chi connectivity index (χ4n) is 3.03. The maximum absolute atomic E-state index is 4.81. The van der Waals surface area contributed by atoms with Gasteiger partial charge in [0.05, 0.1) is 24.0 Å². The molecule has 108 valence electrons. The second kappa shape index (κ2) is 5.53. The number of halogens is 1. The highest BCUT2D eigenvalue weighted by molar-refractivity contribution is 8.93. The molecule has 21 heavy (non-hydrogen) atoms.